The zero-order chi connectivity index (χ0) is 17.8. The molecule has 0 spiro atoms. The first-order chi connectivity index (χ1) is 12.1. The Hall–Kier alpha value is -2.76. The van der Waals surface area contributed by atoms with Crippen molar-refractivity contribution < 1.29 is 18.4 Å². The monoisotopic (exact) mass is 344 g/mol. The fourth-order valence-corrected chi connectivity index (χ4v) is 2.72. The van der Waals surface area contributed by atoms with Gasteiger partial charge in [-0.15, -0.1) is 0 Å². The van der Waals surface area contributed by atoms with E-state index in [-0.39, 0.29) is 23.3 Å². The lowest BCUT2D eigenvalue weighted by molar-refractivity contribution is -0.125. The van der Waals surface area contributed by atoms with Gasteiger partial charge in [0.15, 0.2) is 0 Å². The number of benzene rings is 2. The number of carbonyl (C=O) groups excluding carboxylic acids is 2. The summed E-state index contributed by atoms with van der Waals surface area (Å²) in [5.41, 5.74) is 0.644. The van der Waals surface area contributed by atoms with Gasteiger partial charge in [-0.2, -0.15) is 0 Å². The van der Waals surface area contributed by atoms with Crippen molar-refractivity contribution >= 4 is 17.5 Å². The molecular weight excluding hydrogens is 326 g/mol. The van der Waals surface area contributed by atoms with E-state index in [1.807, 2.05) is 0 Å². The van der Waals surface area contributed by atoms with E-state index in [1.54, 1.807) is 24.3 Å². The minimum Gasteiger partial charge on any atom is -0.356 e. The summed E-state index contributed by atoms with van der Waals surface area (Å²) in [5, 5.41) is 5.22. The molecule has 1 aliphatic carbocycles. The summed E-state index contributed by atoms with van der Waals surface area (Å²) in [5.74, 6) is -2.27. The lowest BCUT2D eigenvalue weighted by Crippen LogP contribution is -2.29. The van der Waals surface area contributed by atoms with Gasteiger partial charge < -0.3 is 10.6 Å². The molecule has 1 fully saturated rings. The van der Waals surface area contributed by atoms with Gasteiger partial charge in [-0.05, 0) is 36.6 Å². The normalized spacial score (nSPS) is 18.5. The fourth-order valence-electron chi connectivity index (χ4n) is 2.72. The van der Waals surface area contributed by atoms with Crippen LogP contribution in [0.2, 0.25) is 0 Å². The van der Waals surface area contributed by atoms with Crippen LogP contribution in [0.1, 0.15) is 12.0 Å². The highest BCUT2D eigenvalue weighted by atomic mass is 19.1. The molecule has 0 aromatic heterocycles. The summed E-state index contributed by atoms with van der Waals surface area (Å²) < 4.78 is 27.0. The van der Waals surface area contributed by atoms with Gasteiger partial charge in [0.25, 0.3) is 0 Å². The molecular formula is C19H18F2N2O2. The molecule has 25 heavy (non-hydrogen) atoms. The van der Waals surface area contributed by atoms with E-state index in [4.69, 9.17) is 0 Å². The maximum absolute atomic E-state index is 13.5. The summed E-state index contributed by atoms with van der Waals surface area (Å²) in [6.45, 7) is 0.303. The highest BCUT2D eigenvalue weighted by Gasteiger charge is 2.48. The van der Waals surface area contributed by atoms with E-state index in [9.17, 15) is 18.4 Å². The molecule has 2 aromatic carbocycles. The molecule has 6 heteroatoms. The lowest BCUT2D eigenvalue weighted by Gasteiger charge is -2.07. The van der Waals surface area contributed by atoms with Crippen LogP contribution >= 0.6 is 0 Å². The molecule has 3 rings (SSSR count). The summed E-state index contributed by atoms with van der Waals surface area (Å²) in [7, 11) is 0. The van der Waals surface area contributed by atoms with E-state index in [0.29, 0.717) is 24.9 Å². The van der Waals surface area contributed by atoms with E-state index in [0.717, 1.165) is 0 Å². The highest BCUT2D eigenvalue weighted by molar-refractivity contribution is 5.99. The van der Waals surface area contributed by atoms with Crippen LogP contribution in [0.5, 0.6) is 0 Å². The molecule has 2 atom stereocenters. The van der Waals surface area contributed by atoms with Crippen molar-refractivity contribution in [2.45, 2.75) is 12.8 Å². The van der Waals surface area contributed by atoms with E-state index in [2.05, 4.69) is 10.6 Å². The molecule has 1 aliphatic rings. The Bertz CT molecular complexity index is 794. The molecule has 2 amide bonds. The molecule has 0 radical (unpaired) electrons. The predicted molar refractivity (Wildman–Crippen MR) is 89.7 cm³/mol. The zero-order valence-electron chi connectivity index (χ0n) is 13.5. The molecule has 4 nitrogen and oxygen atoms in total. The summed E-state index contributed by atoms with van der Waals surface area (Å²) in [6, 6.07) is 12.3. The van der Waals surface area contributed by atoms with Gasteiger partial charge in [0, 0.05) is 6.54 Å². The smallest absolute Gasteiger partial charge is 0.228 e. The maximum Gasteiger partial charge on any atom is 0.228 e. The largest absolute Gasteiger partial charge is 0.356 e. The summed E-state index contributed by atoms with van der Waals surface area (Å²) >= 11 is 0. The average molecular weight is 344 g/mol. The first-order valence-corrected chi connectivity index (χ1v) is 8.13. The fraction of sp³-hybridized carbons (Fsp3) is 0.263. The molecule has 1 saturated carbocycles. The van der Waals surface area contributed by atoms with Crippen molar-refractivity contribution in [1.29, 1.82) is 0 Å². The van der Waals surface area contributed by atoms with Crippen LogP contribution in [-0.2, 0) is 16.0 Å². The standard InChI is InChI=1S/C19H18F2N2O2/c20-15-6-2-1-5-12(15)9-10-22-18(24)13-11-14(13)19(25)23-17-8-4-3-7-16(17)21/h1-8,13-14H,9-11H2,(H,22,24)(H,23,25). The molecule has 0 aliphatic heterocycles. The Balaban J connectivity index is 1.45. The molecule has 0 heterocycles. The van der Waals surface area contributed by atoms with Gasteiger partial charge in [0.2, 0.25) is 11.8 Å². The minimum absolute atomic E-state index is 0.109. The molecule has 0 saturated heterocycles. The van der Waals surface area contributed by atoms with Crippen LogP contribution in [0.3, 0.4) is 0 Å². The number of para-hydroxylation sites is 1. The van der Waals surface area contributed by atoms with Crippen LogP contribution in [0.4, 0.5) is 14.5 Å². The van der Waals surface area contributed by atoms with Gasteiger partial charge in [0.1, 0.15) is 11.6 Å². The number of rotatable bonds is 6. The average Bonchev–Trinajstić information content (AvgIpc) is 3.39. The minimum atomic E-state index is -0.512. The third-order valence-electron chi connectivity index (χ3n) is 4.25. The molecule has 2 aromatic rings. The summed E-state index contributed by atoms with van der Waals surface area (Å²) in [6.07, 6.45) is 0.822. The molecule has 130 valence electrons. The second kappa shape index (κ2) is 7.42. The first kappa shape index (κ1) is 17.1. The Labute approximate surface area is 144 Å². The Morgan fingerprint density at radius 1 is 0.920 bits per heavy atom. The SMILES string of the molecule is O=C(NCCc1ccccc1F)C1CC1C(=O)Nc1ccccc1F. The number of hydrogen-bond acceptors (Lipinski definition) is 2. The lowest BCUT2D eigenvalue weighted by atomic mass is 10.1. The molecule has 2 N–H and O–H groups in total. The third-order valence-corrected chi connectivity index (χ3v) is 4.25. The Kier molecular flexibility index (Phi) is 5.07. The van der Waals surface area contributed by atoms with Gasteiger partial charge >= 0.3 is 0 Å². The van der Waals surface area contributed by atoms with E-state index >= 15 is 0 Å². The van der Waals surface area contributed by atoms with Gasteiger partial charge in [-0.3, -0.25) is 9.59 Å². The number of amides is 2. The Morgan fingerprint density at radius 2 is 1.56 bits per heavy atom. The van der Waals surface area contributed by atoms with Crippen molar-refractivity contribution in [1.82, 2.24) is 5.32 Å². The van der Waals surface area contributed by atoms with Crippen LogP contribution in [-0.4, -0.2) is 18.4 Å². The van der Waals surface area contributed by atoms with Gasteiger partial charge in [-0.25, -0.2) is 8.78 Å². The topological polar surface area (TPSA) is 58.2 Å². The quantitative estimate of drug-likeness (QED) is 0.847. The second-order valence-electron chi connectivity index (χ2n) is 6.05. The van der Waals surface area contributed by atoms with Crippen LogP contribution in [0, 0.1) is 23.5 Å². The number of hydrogen-bond donors (Lipinski definition) is 2. The van der Waals surface area contributed by atoms with Crippen LogP contribution in [0.25, 0.3) is 0 Å². The third kappa shape index (κ3) is 4.21. The van der Waals surface area contributed by atoms with Gasteiger partial charge in [0.05, 0.1) is 17.5 Å². The van der Waals surface area contributed by atoms with Crippen molar-refractivity contribution in [3.63, 3.8) is 0 Å². The number of nitrogens with one attached hydrogen (secondary N) is 2. The van der Waals surface area contributed by atoms with Gasteiger partial charge in [-0.1, -0.05) is 30.3 Å². The molecule has 0 bridgehead atoms. The second-order valence-corrected chi connectivity index (χ2v) is 6.05. The van der Waals surface area contributed by atoms with Crippen molar-refractivity contribution in [2.75, 3.05) is 11.9 Å². The number of halogens is 2. The number of carbonyl (C=O) groups is 2. The zero-order valence-corrected chi connectivity index (χ0v) is 13.5. The van der Waals surface area contributed by atoms with Crippen LogP contribution in [0.15, 0.2) is 48.5 Å². The van der Waals surface area contributed by atoms with Crippen molar-refractivity contribution in [2.24, 2.45) is 11.8 Å². The molecule has 2 unspecified atom stereocenters. The van der Waals surface area contributed by atoms with E-state index in [1.165, 1.54) is 24.3 Å². The highest BCUT2D eigenvalue weighted by Crippen LogP contribution is 2.39. The van der Waals surface area contributed by atoms with E-state index < -0.39 is 17.7 Å². The van der Waals surface area contributed by atoms with Crippen molar-refractivity contribution in [3.8, 4) is 0 Å². The summed E-state index contributed by atoms with van der Waals surface area (Å²) in [4.78, 5) is 24.1. The van der Waals surface area contributed by atoms with Crippen LogP contribution < -0.4 is 10.6 Å². The predicted octanol–water partition coefficient (Wildman–Crippen LogP) is 2.90. The van der Waals surface area contributed by atoms with Crippen molar-refractivity contribution in [3.05, 3.63) is 65.7 Å². The Morgan fingerprint density at radius 3 is 2.28 bits per heavy atom. The first-order valence-electron chi connectivity index (χ1n) is 8.13. The number of anilines is 1. The maximum atomic E-state index is 13.5.